The highest BCUT2D eigenvalue weighted by atomic mass is 35.7. The van der Waals surface area contributed by atoms with Crippen molar-refractivity contribution in [3.8, 4) is 5.75 Å². The zero-order valence-electron chi connectivity index (χ0n) is 10.8. The van der Waals surface area contributed by atoms with Gasteiger partial charge in [-0.1, -0.05) is 12.8 Å². The summed E-state index contributed by atoms with van der Waals surface area (Å²) >= 11 is 0. The molecular formula is C13H16ClNO4S. The van der Waals surface area contributed by atoms with E-state index in [9.17, 15) is 13.2 Å². The van der Waals surface area contributed by atoms with Crippen LogP contribution in [0.25, 0.3) is 0 Å². The molecule has 0 atom stereocenters. The Balaban J connectivity index is 1.83. The van der Waals surface area contributed by atoms with Crippen LogP contribution in [0, 0.1) is 0 Å². The fraction of sp³-hybridized carbons (Fsp3) is 0.462. The van der Waals surface area contributed by atoms with Crippen molar-refractivity contribution < 1.29 is 17.9 Å². The van der Waals surface area contributed by atoms with Gasteiger partial charge >= 0.3 is 0 Å². The summed E-state index contributed by atoms with van der Waals surface area (Å²) in [6, 6.07) is 5.88. The normalized spacial score (nSPS) is 16.1. The second kappa shape index (κ2) is 6.45. The van der Waals surface area contributed by atoms with E-state index in [2.05, 4.69) is 5.32 Å². The largest absolute Gasteiger partial charge is 0.484 e. The molecule has 110 valence electrons. The van der Waals surface area contributed by atoms with Gasteiger partial charge in [-0.2, -0.15) is 0 Å². The van der Waals surface area contributed by atoms with Crippen molar-refractivity contribution in [1.82, 2.24) is 5.32 Å². The summed E-state index contributed by atoms with van der Waals surface area (Å²) in [6.07, 6.45) is 4.35. The molecule has 1 aliphatic rings. The summed E-state index contributed by atoms with van der Waals surface area (Å²) in [4.78, 5) is 11.6. The van der Waals surface area contributed by atoms with Gasteiger partial charge in [0.1, 0.15) is 5.75 Å². The van der Waals surface area contributed by atoms with Gasteiger partial charge in [0.25, 0.3) is 15.0 Å². The van der Waals surface area contributed by atoms with E-state index in [0.29, 0.717) is 5.75 Å². The number of rotatable bonds is 5. The summed E-state index contributed by atoms with van der Waals surface area (Å²) in [5, 5.41) is 2.90. The molecule has 0 unspecified atom stereocenters. The van der Waals surface area contributed by atoms with Crippen molar-refractivity contribution >= 4 is 25.6 Å². The van der Waals surface area contributed by atoms with E-state index < -0.39 is 9.05 Å². The number of ether oxygens (including phenoxy) is 1. The molecule has 1 N–H and O–H groups in total. The first-order valence-electron chi connectivity index (χ1n) is 6.42. The number of benzene rings is 1. The van der Waals surface area contributed by atoms with Gasteiger partial charge in [0.15, 0.2) is 6.61 Å². The lowest BCUT2D eigenvalue weighted by Gasteiger charge is -2.12. The summed E-state index contributed by atoms with van der Waals surface area (Å²) in [7, 11) is 1.47. The van der Waals surface area contributed by atoms with E-state index >= 15 is 0 Å². The van der Waals surface area contributed by atoms with Crippen LogP contribution in [-0.4, -0.2) is 27.0 Å². The van der Waals surface area contributed by atoms with Gasteiger partial charge in [0.05, 0.1) is 4.90 Å². The average Bonchev–Trinajstić information content (AvgIpc) is 2.88. The minimum absolute atomic E-state index is 0.00178. The number of amides is 1. The second-order valence-corrected chi connectivity index (χ2v) is 7.31. The maximum atomic E-state index is 11.6. The Bertz CT molecular complexity index is 565. The number of halogens is 1. The Hall–Kier alpha value is -1.27. The molecule has 0 spiro atoms. The highest BCUT2D eigenvalue weighted by Gasteiger charge is 2.17. The lowest BCUT2D eigenvalue weighted by molar-refractivity contribution is -0.123. The van der Waals surface area contributed by atoms with E-state index in [-0.39, 0.29) is 23.5 Å². The Kier molecular flexibility index (Phi) is 4.88. The van der Waals surface area contributed by atoms with Crippen LogP contribution in [-0.2, 0) is 13.8 Å². The molecule has 2 rings (SSSR count). The fourth-order valence-electron chi connectivity index (χ4n) is 2.19. The third-order valence-electron chi connectivity index (χ3n) is 3.20. The molecule has 1 aromatic carbocycles. The molecule has 0 heterocycles. The van der Waals surface area contributed by atoms with E-state index in [1.807, 2.05) is 0 Å². The maximum Gasteiger partial charge on any atom is 0.261 e. The molecule has 1 amide bonds. The zero-order valence-corrected chi connectivity index (χ0v) is 12.4. The van der Waals surface area contributed by atoms with Crippen LogP contribution in [0.5, 0.6) is 5.75 Å². The summed E-state index contributed by atoms with van der Waals surface area (Å²) in [5.74, 6) is 0.265. The molecule has 0 aliphatic heterocycles. The second-order valence-electron chi connectivity index (χ2n) is 4.75. The van der Waals surface area contributed by atoms with Crippen molar-refractivity contribution in [2.45, 2.75) is 36.6 Å². The molecule has 1 fully saturated rings. The van der Waals surface area contributed by atoms with Crippen LogP contribution < -0.4 is 10.1 Å². The third-order valence-corrected chi connectivity index (χ3v) is 4.57. The van der Waals surface area contributed by atoms with Crippen LogP contribution in [0.1, 0.15) is 25.7 Å². The Morgan fingerprint density at radius 1 is 1.25 bits per heavy atom. The summed E-state index contributed by atoms with van der Waals surface area (Å²) in [6.45, 7) is -0.0799. The fourth-order valence-corrected chi connectivity index (χ4v) is 2.96. The van der Waals surface area contributed by atoms with Gasteiger partial charge in [-0.3, -0.25) is 4.79 Å². The van der Waals surface area contributed by atoms with Crippen LogP contribution in [0.4, 0.5) is 0 Å². The van der Waals surface area contributed by atoms with E-state index in [1.165, 1.54) is 24.3 Å². The zero-order chi connectivity index (χ0) is 14.6. The molecule has 5 nitrogen and oxygen atoms in total. The van der Waals surface area contributed by atoms with Crippen LogP contribution in [0.15, 0.2) is 29.2 Å². The van der Waals surface area contributed by atoms with Crippen LogP contribution in [0.2, 0.25) is 0 Å². The third kappa shape index (κ3) is 4.38. The standard InChI is InChI=1S/C13H16ClNO4S/c14-20(17,18)12-7-5-11(6-8-12)19-9-13(16)15-10-3-1-2-4-10/h5-8,10H,1-4,9H2,(H,15,16). The Morgan fingerprint density at radius 3 is 2.40 bits per heavy atom. The molecule has 1 saturated carbocycles. The van der Waals surface area contributed by atoms with E-state index in [1.54, 1.807) is 0 Å². The summed E-state index contributed by atoms with van der Waals surface area (Å²) in [5.41, 5.74) is 0. The molecule has 1 aromatic rings. The predicted molar refractivity (Wildman–Crippen MR) is 75.4 cm³/mol. The quantitative estimate of drug-likeness (QED) is 0.844. The van der Waals surface area contributed by atoms with Gasteiger partial charge in [-0.05, 0) is 37.1 Å². The van der Waals surface area contributed by atoms with Crippen molar-refractivity contribution in [2.75, 3.05) is 6.61 Å². The first-order valence-corrected chi connectivity index (χ1v) is 8.73. The highest BCUT2D eigenvalue weighted by Crippen LogP contribution is 2.19. The smallest absolute Gasteiger partial charge is 0.261 e. The molecular weight excluding hydrogens is 302 g/mol. The van der Waals surface area contributed by atoms with Gasteiger partial charge in [0.2, 0.25) is 0 Å². The minimum Gasteiger partial charge on any atom is -0.484 e. The number of carbonyl (C=O) groups excluding carboxylic acids is 1. The molecule has 7 heteroatoms. The molecule has 0 radical (unpaired) electrons. The lowest BCUT2D eigenvalue weighted by Crippen LogP contribution is -2.36. The van der Waals surface area contributed by atoms with E-state index in [0.717, 1.165) is 25.7 Å². The first kappa shape index (κ1) is 15.1. The highest BCUT2D eigenvalue weighted by molar-refractivity contribution is 8.13. The SMILES string of the molecule is O=C(COc1ccc(S(=O)(=O)Cl)cc1)NC1CCCC1. The Labute approximate surface area is 122 Å². The number of hydrogen-bond acceptors (Lipinski definition) is 4. The maximum absolute atomic E-state index is 11.6. The molecule has 1 aliphatic carbocycles. The van der Waals surface area contributed by atoms with Crippen LogP contribution >= 0.6 is 10.7 Å². The van der Waals surface area contributed by atoms with Gasteiger partial charge < -0.3 is 10.1 Å². The van der Waals surface area contributed by atoms with Crippen molar-refractivity contribution in [3.63, 3.8) is 0 Å². The number of nitrogens with one attached hydrogen (secondary N) is 1. The minimum atomic E-state index is -3.73. The molecule has 20 heavy (non-hydrogen) atoms. The van der Waals surface area contributed by atoms with Gasteiger partial charge in [0, 0.05) is 16.7 Å². The molecule has 0 saturated heterocycles. The van der Waals surface area contributed by atoms with Gasteiger partial charge in [-0.25, -0.2) is 8.42 Å². The van der Waals surface area contributed by atoms with E-state index in [4.69, 9.17) is 15.4 Å². The molecule has 0 aromatic heterocycles. The monoisotopic (exact) mass is 317 g/mol. The predicted octanol–water partition coefficient (Wildman–Crippen LogP) is 2.05. The lowest BCUT2D eigenvalue weighted by atomic mass is 10.2. The Morgan fingerprint density at radius 2 is 1.85 bits per heavy atom. The number of carbonyl (C=O) groups is 1. The number of hydrogen-bond donors (Lipinski definition) is 1. The molecule has 0 bridgehead atoms. The average molecular weight is 318 g/mol. The van der Waals surface area contributed by atoms with Crippen molar-refractivity contribution in [3.05, 3.63) is 24.3 Å². The topological polar surface area (TPSA) is 72.5 Å². The van der Waals surface area contributed by atoms with Crippen molar-refractivity contribution in [1.29, 1.82) is 0 Å². The first-order chi connectivity index (χ1) is 9.45. The van der Waals surface area contributed by atoms with Crippen LogP contribution in [0.3, 0.4) is 0 Å². The van der Waals surface area contributed by atoms with Gasteiger partial charge in [-0.15, -0.1) is 0 Å². The van der Waals surface area contributed by atoms with Crippen molar-refractivity contribution in [2.24, 2.45) is 0 Å². The summed E-state index contributed by atoms with van der Waals surface area (Å²) < 4.78 is 27.4.